The van der Waals surface area contributed by atoms with E-state index in [-0.39, 0.29) is 11.2 Å². The molecule has 0 radical (unpaired) electrons. The molecule has 26 heavy (non-hydrogen) atoms. The van der Waals surface area contributed by atoms with Gasteiger partial charge >= 0.3 is 0 Å². The highest BCUT2D eigenvalue weighted by Gasteiger charge is 2.06. The van der Waals surface area contributed by atoms with Gasteiger partial charge in [0.05, 0.1) is 19.0 Å². The van der Waals surface area contributed by atoms with E-state index in [9.17, 15) is 9.90 Å². The molecule has 3 rings (SSSR count). The van der Waals surface area contributed by atoms with Gasteiger partial charge in [-0.1, -0.05) is 5.21 Å². The molecule has 0 saturated heterocycles. The van der Waals surface area contributed by atoms with Crippen molar-refractivity contribution in [2.75, 3.05) is 7.11 Å². The number of aromatic hydroxyl groups is 1. The number of hydrogen-bond acceptors (Lipinski definition) is 5. The Kier molecular flexibility index (Phi) is 5.36. The molecular weight excluding hydrogens is 332 g/mol. The molecule has 7 nitrogen and oxygen atoms in total. The molecule has 0 atom stereocenters. The standard InChI is InChI=1S/C19H22N4O3/c1-14-19(25)18(24)9-12-22(14)10-3-4-11-23-13-17(20-21-23)15-5-7-16(26-2)8-6-15/h5-9,12-13,25H,3-4,10-11H2,1-2H3. The fourth-order valence-corrected chi connectivity index (χ4v) is 2.76. The molecule has 0 aliphatic carbocycles. The summed E-state index contributed by atoms with van der Waals surface area (Å²) in [6.07, 6.45) is 5.46. The Morgan fingerprint density at radius 1 is 1.12 bits per heavy atom. The summed E-state index contributed by atoms with van der Waals surface area (Å²) in [5.74, 6) is 0.637. The number of pyridine rings is 1. The highest BCUT2D eigenvalue weighted by atomic mass is 16.5. The molecule has 0 saturated carbocycles. The summed E-state index contributed by atoms with van der Waals surface area (Å²) in [5.41, 5.74) is 2.08. The molecule has 7 heteroatoms. The normalized spacial score (nSPS) is 10.8. The Bertz CT molecular complexity index is 929. The lowest BCUT2D eigenvalue weighted by molar-refractivity contribution is 0.415. The Hall–Kier alpha value is -3.09. The topological polar surface area (TPSA) is 82.2 Å². The van der Waals surface area contributed by atoms with Crippen molar-refractivity contribution >= 4 is 0 Å². The summed E-state index contributed by atoms with van der Waals surface area (Å²) in [4.78, 5) is 11.4. The fraction of sp³-hybridized carbons (Fsp3) is 0.316. The number of unbranched alkanes of at least 4 members (excludes halogenated alkanes) is 1. The van der Waals surface area contributed by atoms with E-state index in [0.717, 1.165) is 42.9 Å². The average molecular weight is 354 g/mol. The molecule has 0 fully saturated rings. The third-order valence-corrected chi connectivity index (χ3v) is 4.37. The first-order valence-electron chi connectivity index (χ1n) is 8.52. The minimum absolute atomic E-state index is 0.173. The highest BCUT2D eigenvalue weighted by Crippen LogP contribution is 2.20. The lowest BCUT2D eigenvalue weighted by Crippen LogP contribution is -2.10. The van der Waals surface area contributed by atoms with Crippen LogP contribution in [0.15, 0.2) is 47.5 Å². The van der Waals surface area contributed by atoms with Gasteiger partial charge in [-0.15, -0.1) is 5.10 Å². The van der Waals surface area contributed by atoms with E-state index in [1.807, 2.05) is 39.7 Å². The van der Waals surface area contributed by atoms with Gasteiger partial charge in [-0.05, 0) is 44.0 Å². The largest absolute Gasteiger partial charge is 0.503 e. The second kappa shape index (κ2) is 7.86. The maximum absolute atomic E-state index is 11.4. The molecule has 0 aliphatic rings. The number of methoxy groups -OCH3 is 1. The van der Waals surface area contributed by atoms with Crippen LogP contribution < -0.4 is 10.2 Å². The van der Waals surface area contributed by atoms with Crippen molar-refractivity contribution in [3.05, 3.63) is 58.6 Å². The number of hydrogen-bond donors (Lipinski definition) is 1. The van der Waals surface area contributed by atoms with Crippen LogP contribution in [0.4, 0.5) is 0 Å². The molecule has 0 spiro atoms. The molecule has 0 unspecified atom stereocenters. The molecule has 136 valence electrons. The Morgan fingerprint density at radius 2 is 1.85 bits per heavy atom. The minimum atomic E-state index is -0.340. The zero-order chi connectivity index (χ0) is 18.5. The molecule has 1 aromatic carbocycles. The molecule has 2 aromatic heterocycles. The third kappa shape index (κ3) is 3.93. The van der Waals surface area contributed by atoms with Gasteiger partial charge in [0.1, 0.15) is 11.4 Å². The van der Waals surface area contributed by atoms with Gasteiger partial charge in [0.25, 0.3) is 0 Å². The van der Waals surface area contributed by atoms with Crippen molar-refractivity contribution in [3.8, 4) is 22.8 Å². The van der Waals surface area contributed by atoms with Gasteiger partial charge in [-0.25, -0.2) is 0 Å². The third-order valence-electron chi connectivity index (χ3n) is 4.37. The molecule has 1 N–H and O–H groups in total. The number of aryl methyl sites for hydroxylation is 2. The van der Waals surface area contributed by atoms with E-state index in [0.29, 0.717) is 5.69 Å². The molecule has 0 amide bonds. The number of ether oxygens (including phenoxy) is 1. The van der Waals surface area contributed by atoms with Gasteiger partial charge < -0.3 is 14.4 Å². The van der Waals surface area contributed by atoms with Crippen LogP contribution in [0.5, 0.6) is 11.5 Å². The minimum Gasteiger partial charge on any atom is -0.503 e. The predicted octanol–water partition coefficient (Wildman–Crippen LogP) is 2.61. The Labute approximate surface area is 151 Å². The summed E-state index contributed by atoms with van der Waals surface area (Å²) < 4.78 is 8.88. The SMILES string of the molecule is COc1ccc(-c2cn(CCCCn3ccc(=O)c(O)c3C)nn2)cc1. The lowest BCUT2D eigenvalue weighted by Gasteiger charge is -2.11. The van der Waals surface area contributed by atoms with E-state index in [2.05, 4.69) is 10.3 Å². The lowest BCUT2D eigenvalue weighted by atomic mass is 10.2. The first kappa shape index (κ1) is 17.7. The number of nitrogens with zero attached hydrogens (tertiary/aromatic N) is 4. The van der Waals surface area contributed by atoms with Gasteiger partial charge in [0.2, 0.25) is 5.43 Å². The van der Waals surface area contributed by atoms with Crippen LogP contribution >= 0.6 is 0 Å². The van der Waals surface area contributed by atoms with Crippen molar-refractivity contribution in [3.63, 3.8) is 0 Å². The summed E-state index contributed by atoms with van der Waals surface area (Å²) in [6.45, 7) is 3.24. The molecule has 3 aromatic rings. The average Bonchev–Trinajstić information content (AvgIpc) is 3.14. The number of benzene rings is 1. The number of aromatic nitrogens is 4. The quantitative estimate of drug-likeness (QED) is 0.660. The second-order valence-electron chi connectivity index (χ2n) is 6.11. The first-order valence-corrected chi connectivity index (χ1v) is 8.52. The maximum Gasteiger partial charge on any atom is 0.223 e. The van der Waals surface area contributed by atoms with E-state index < -0.39 is 0 Å². The number of rotatable bonds is 7. The Morgan fingerprint density at radius 3 is 2.58 bits per heavy atom. The smallest absolute Gasteiger partial charge is 0.223 e. The zero-order valence-corrected chi connectivity index (χ0v) is 14.9. The van der Waals surface area contributed by atoms with Gasteiger partial charge in [0.15, 0.2) is 5.75 Å². The summed E-state index contributed by atoms with van der Waals surface area (Å²) in [7, 11) is 1.64. The van der Waals surface area contributed by atoms with Crippen molar-refractivity contribution in [2.24, 2.45) is 0 Å². The van der Waals surface area contributed by atoms with Gasteiger partial charge in [-0.2, -0.15) is 0 Å². The summed E-state index contributed by atoms with van der Waals surface area (Å²) >= 11 is 0. The van der Waals surface area contributed by atoms with Crippen LogP contribution in [0.3, 0.4) is 0 Å². The summed E-state index contributed by atoms with van der Waals surface area (Å²) in [6, 6.07) is 9.10. The maximum atomic E-state index is 11.4. The van der Waals surface area contributed by atoms with Crippen LogP contribution in [0.2, 0.25) is 0 Å². The van der Waals surface area contributed by atoms with Crippen LogP contribution in [-0.2, 0) is 13.1 Å². The Balaban J connectivity index is 1.54. The van der Waals surface area contributed by atoms with E-state index in [4.69, 9.17) is 4.74 Å². The first-order chi connectivity index (χ1) is 12.6. The van der Waals surface area contributed by atoms with Crippen molar-refractivity contribution in [2.45, 2.75) is 32.9 Å². The van der Waals surface area contributed by atoms with Crippen LogP contribution in [0, 0.1) is 6.92 Å². The van der Waals surface area contributed by atoms with Crippen molar-refractivity contribution in [1.29, 1.82) is 0 Å². The highest BCUT2D eigenvalue weighted by molar-refractivity contribution is 5.58. The molecule has 0 bridgehead atoms. The van der Waals surface area contributed by atoms with E-state index >= 15 is 0 Å². The predicted molar refractivity (Wildman–Crippen MR) is 98.3 cm³/mol. The monoisotopic (exact) mass is 354 g/mol. The van der Waals surface area contributed by atoms with Crippen molar-refractivity contribution < 1.29 is 9.84 Å². The summed E-state index contributed by atoms with van der Waals surface area (Å²) in [5, 5.41) is 18.1. The van der Waals surface area contributed by atoms with Crippen LogP contribution in [-0.4, -0.2) is 31.8 Å². The zero-order valence-electron chi connectivity index (χ0n) is 14.9. The van der Waals surface area contributed by atoms with Crippen LogP contribution in [0.25, 0.3) is 11.3 Å². The molecule has 2 heterocycles. The second-order valence-corrected chi connectivity index (χ2v) is 6.11. The van der Waals surface area contributed by atoms with Gasteiger partial charge in [0, 0.05) is 30.9 Å². The van der Waals surface area contributed by atoms with Crippen LogP contribution in [0.1, 0.15) is 18.5 Å². The molecular formula is C19H22N4O3. The fourth-order valence-electron chi connectivity index (χ4n) is 2.76. The van der Waals surface area contributed by atoms with Gasteiger partial charge in [-0.3, -0.25) is 9.48 Å². The molecule has 0 aliphatic heterocycles. The van der Waals surface area contributed by atoms with E-state index in [1.54, 1.807) is 20.2 Å². The van der Waals surface area contributed by atoms with Crippen molar-refractivity contribution in [1.82, 2.24) is 19.6 Å². The van der Waals surface area contributed by atoms with E-state index in [1.165, 1.54) is 6.07 Å².